The van der Waals surface area contributed by atoms with E-state index in [4.69, 9.17) is 0 Å². The van der Waals surface area contributed by atoms with Crippen molar-refractivity contribution in [3.05, 3.63) is 42.7 Å². The lowest BCUT2D eigenvalue weighted by molar-refractivity contribution is 0.546. The zero-order chi connectivity index (χ0) is 11.2. The number of aromatic nitrogens is 3. The second kappa shape index (κ2) is 5.51. The molecule has 86 valence electrons. The quantitative estimate of drug-likeness (QED) is 0.797. The monoisotopic (exact) mass is 218 g/mol. The molecule has 4 nitrogen and oxygen atoms in total. The summed E-state index contributed by atoms with van der Waals surface area (Å²) in [4.78, 5) is 4.03. The molecule has 0 amide bonds. The van der Waals surface area contributed by atoms with Gasteiger partial charge in [-0.3, -0.25) is 0 Å². The average molecular weight is 218 g/mol. The fourth-order valence-electron chi connectivity index (χ4n) is 1.85. The van der Waals surface area contributed by atoms with Crippen molar-refractivity contribution in [2.45, 2.75) is 26.1 Å². The SMILES string of the molecule is CNCc1cccn1CCCn1ccnc1. The number of hydrogen-bond acceptors (Lipinski definition) is 2. The van der Waals surface area contributed by atoms with Gasteiger partial charge in [-0.1, -0.05) is 0 Å². The Morgan fingerprint density at radius 1 is 1.31 bits per heavy atom. The maximum absolute atomic E-state index is 4.03. The molecule has 2 rings (SSSR count). The molecular weight excluding hydrogens is 200 g/mol. The first kappa shape index (κ1) is 11.0. The van der Waals surface area contributed by atoms with E-state index in [0.29, 0.717) is 0 Å². The van der Waals surface area contributed by atoms with E-state index >= 15 is 0 Å². The first-order chi connectivity index (χ1) is 7.90. The van der Waals surface area contributed by atoms with Crippen LogP contribution in [0.1, 0.15) is 12.1 Å². The molecule has 0 bridgehead atoms. The summed E-state index contributed by atoms with van der Waals surface area (Å²) in [6.45, 7) is 3.01. The summed E-state index contributed by atoms with van der Waals surface area (Å²) in [5.74, 6) is 0. The minimum absolute atomic E-state index is 0.929. The molecule has 0 aromatic carbocycles. The van der Waals surface area contributed by atoms with Gasteiger partial charge in [0.2, 0.25) is 0 Å². The van der Waals surface area contributed by atoms with Crippen LogP contribution in [0.25, 0.3) is 0 Å². The van der Waals surface area contributed by atoms with Gasteiger partial charge in [-0.05, 0) is 25.6 Å². The first-order valence-corrected chi connectivity index (χ1v) is 5.64. The van der Waals surface area contributed by atoms with Gasteiger partial charge in [-0.15, -0.1) is 0 Å². The highest BCUT2D eigenvalue weighted by molar-refractivity contribution is 5.06. The second-order valence-electron chi connectivity index (χ2n) is 3.88. The van der Waals surface area contributed by atoms with Crippen LogP contribution in [0.15, 0.2) is 37.1 Å². The van der Waals surface area contributed by atoms with Crippen LogP contribution in [0, 0.1) is 0 Å². The summed E-state index contributed by atoms with van der Waals surface area (Å²) in [5.41, 5.74) is 1.34. The third-order valence-corrected chi connectivity index (χ3v) is 2.66. The Labute approximate surface area is 95.9 Å². The lowest BCUT2D eigenvalue weighted by Gasteiger charge is -2.09. The first-order valence-electron chi connectivity index (χ1n) is 5.64. The summed E-state index contributed by atoms with van der Waals surface area (Å²) in [6, 6.07) is 4.26. The predicted molar refractivity (Wildman–Crippen MR) is 64.0 cm³/mol. The molecule has 0 aliphatic carbocycles. The van der Waals surface area contributed by atoms with Gasteiger partial charge < -0.3 is 14.5 Å². The molecule has 0 aliphatic rings. The number of imidazole rings is 1. The Kier molecular flexibility index (Phi) is 3.77. The zero-order valence-electron chi connectivity index (χ0n) is 9.63. The van der Waals surface area contributed by atoms with Crippen LogP contribution in [0.4, 0.5) is 0 Å². The highest BCUT2D eigenvalue weighted by Gasteiger charge is 1.99. The topological polar surface area (TPSA) is 34.8 Å². The van der Waals surface area contributed by atoms with Crippen LogP contribution < -0.4 is 5.32 Å². The summed E-state index contributed by atoms with van der Waals surface area (Å²) >= 11 is 0. The number of nitrogens with one attached hydrogen (secondary N) is 1. The van der Waals surface area contributed by atoms with E-state index < -0.39 is 0 Å². The van der Waals surface area contributed by atoms with Crippen molar-refractivity contribution in [1.29, 1.82) is 0 Å². The van der Waals surface area contributed by atoms with Gasteiger partial charge in [-0.2, -0.15) is 0 Å². The molecule has 0 saturated heterocycles. The van der Waals surface area contributed by atoms with Gasteiger partial charge in [-0.25, -0.2) is 4.98 Å². The zero-order valence-corrected chi connectivity index (χ0v) is 9.63. The van der Waals surface area contributed by atoms with Crippen LogP contribution in [0.2, 0.25) is 0 Å². The molecule has 0 radical (unpaired) electrons. The summed E-state index contributed by atoms with van der Waals surface area (Å²) in [6.07, 6.45) is 8.96. The number of hydrogen-bond donors (Lipinski definition) is 1. The molecule has 0 unspecified atom stereocenters. The minimum Gasteiger partial charge on any atom is -0.350 e. The molecule has 1 N–H and O–H groups in total. The number of rotatable bonds is 6. The Hall–Kier alpha value is -1.55. The standard InChI is InChI=1S/C12H18N4/c1-13-10-12-4-2-7-16(12)8-3-6-15-9-5-14-11-15/h2,4-5,7,9,11,13H,3,6,8,10H2,1H3. The molecule has 2 aromatic rings. The van der Waals surface area contributed by atoms with E-state index in [9.17, 15) is 0 Å². The van der Waals surface area contributed by atoms with Crippen molar-refractivity contribution in [2.24, 2.45) is 0 Å². The van der Waals surface area contributed by atoms with Crippen molar-refractivity contribution < 1.29 is 0 Å². The normalized spacial score (nSPS) is 10.8. The molecule has 4 heteroatoms. The smallest absolute Gasteiger partial charge is 0.0945 e. The third kappa shape index (κ3) is 2.73. The highest BCUT2D eigenvalue weighted by Crippen LogP contribution is 2.04. The van der Waals surface area contributed by atoms with Crippen LogP contribution in [0.5, 0.6) is 0 Å². The molecular formula is C12H18N4. The largest absolute Gasteiger partial charge is 0.350 e. The van der Waals surface area contributed by atoms with Crippen LogP contribution in [0.3, 0.4) is 0 Å². The van der Waals surface area contributed by atoms with Crippen molar-refractivity contribution in [2.75, 3.05) is 7.05 Å². The molecule has 0 aliphatic heterocycles. The summed E-state index contributed by atoms with van der Waals surface area (Å²) < 4.78 is 4.41. The Bertz CT molecular complexity index is 402. The van der Waals surface area contributed by atoms with Gasteiger partial charge in [0.05, 0.1) is 6.33 Å². The molecule has 2 aromatic heterocycles. The average Bonchev–Trinajstić information content (AvgIpc) is 2.91. The number of aryl methyl sites for hydroxylation is 2. The van der Waals surface area contributed by atoms with Gasteiger partial charge >= 0.3 is 0 Å². The fraction of sp³-hybridized carbons (Fsp3) is 0.417. The second-order valence-corrected chi connectivity index (χ2v) is 3.88. The Morgan fingerprint density at radius 2 is 2.25 bits per heavy atom. The highest BCUT2D eigenvalue weighted by atomic mass is 15.0. The third-order valence-electron chi connectivity index (χ3n) is 2.66. The number of nitrogens with zero attached hydrogens (tertiary/aromatic N) is 3. The maximum Gasteiger partial charge on any atom is 0.0945 e. The van der Waals surface area contributed by atoms with E-state index in [1.807, 2.05) is 25.8 Å². The molecule has 0 fully saturated rings. The van der Waals surface area contributed by atoms with Crippen molar-refractivity contribution >= 4 is 0 Å². The summed E-state index contributed by atoms with van der Waals surface area (Å²) in [5, 5.41) is 3.18. The van der Waals surface area contributed by atoms with Crippen LogP contribution in [-0.2, 0) is 19.6 Å². The minimum atomic E-state index is 0.929. The van der Waals surface area contributed by atoms with Crippen LogP contribution in [-0.4, -0.2) is 21.2 Å². The Balaban J connectivity index is 1.82. The fourth-order valence-corrected chi connectivity index (χ4v) is 1.85. The van der Waals surface area contributed by atoms with Gasteiger partial charge in [0, 0.05) is 43.9 Å². The molecule has 0 saturated carbocycles. The van der Waals surface area contributed by atoms with E-state index in [1.54, 1.807) is 0 Å². The van der Waals surface area contributed by atoms with Gasteiger partial charge in [0.1, 0.15) is 0 Å². The Morgan fingerprint density at radius 3 is 3.00 bits per heavy atom. The molecule has 0 atom stereocenters. The lowest BCUT2D eigenvalue weighted by Crippen LogP contribution is -2.11. The van der Waals surface area contributed by atoms with E-state index in [2.05, 4.69) is 37.8 Å². The maximum atomic E-state index is 4.03. The van der Waals surface area contributed by atoms with Crippen molar-refractivity contribution in [1.82, 2.24) is 19.4 Å². The van der Waals surface area contributed by atoms with Gasteiger partial charge in [0.15, 0.2) is 0 Å². The van der Waals surface area contributed by atoms with Gasteiger partial charge in [0.25, 0.3) is 0 Å². The lowest BCUT2D eigenvalue weighted by atomic mass is 10.3. The summed E-state index contributed by atoms with van der Waals surface area (Å²) in [7, 11) is 1.98. The molecule has 2 heterocycles. The van der Waals surface area contributed by atoms with Crippen LogP contribution >= 0.6 is 0 Å². The predicted octanol–water partition coefficient (Wildman–Crippen LogP) is 1.49. The van der Waals surface area contributed by atoms with E-state index in [-0.39, 0.29) is 0 Å². The molecule has 0 spiro atoms. The molecule has 16 heavy (non-hydrogen) atoms. The van der Waals surface area contributed by atoms with E-state index in [0.717, 1.165) is 26.1 Å². The van der Waals surface area contributed by atoms with E-state index in [1.165, 1.54) is 5.69 Å². The van der Waals surface area contributed by atoms with Crippen molar-refractivity contribution in [3.63, 3.8) is 0 Å². The van der Waals surface area contributed by atoms with Crippen molar-refractivity contribution in [3.8, 4) is 0 Å².